The fourth-order valence-corrected chi connectivity index (χ4v) is 2.14. The van der Waals surface area contributed by atoms with Gasteiger partial charge in [-0.15, -0.1) is 0 Å². The standard InChI is InChI=1S/C19H19N3O6/c1-3-27-19(24)14-7-9-17(10-8-14)28-12-18(23)21-20-13(2)15-5-4-6-16(11-15)22(25)26/h4-11H,3,12H2,1-2H3,(H,21,23). The molecule has 0 atom stereocenters. The van der Waals surface area contributed by atoms with Crippen LogP contribution in [0.4, 0.5) is 5.69 Å². The van der Waals surface area contributed by atoms with Gasteiger partial charge in [0, 0.05) is 17.7 Å². The number of ether oxygens (including phenoxy) is 2. The minimum Gasteiger partial charge on any atom is -0.484 e. The minimum atomic E-state index is -0.504. The van der Waals surface area contributed by atoms with Crippen LogP contribution in [0.5, 0.6) is 5.75 Å². The highest BCUT2D eigenvalue weighted by molar-refractivity contribution is 5.99. The molecule has 2 rings (SSSR count). The summed E-state index contributed by atoms with van der Waals surface area (Å²) in [5.74, 6) is -0.528. The maximum atomic E-state index is 11.9. The number of hydrogen-bond donors (Lipinski definition) is 1. The fraction of sp³-hybridized carbons (Fsp3) is 0.211. The molecule has 0 saturated carbocycles. The molecule has 0 heterocycles. The largest absolute Gasteiger partial charge is 0.484 e. The molecule has 1 amide bonds. The first-order valence-electron chi connectivity index (χ1n) is 8.38. The van der Waals surface area contributed by atoms with Crippen molar-refractivity contribution < 1.29 is 24.0 Å². The number of rotatable bonds is 8. The van der Waals surface area contributed by atoms with E-state index in [1.165, 1.54) is 30.3 Å². The van der Waals surface area contributed by atoms with E-state index in [4.69, 9.17) is 9.47 Å². The van der Waals surface area contributed by atoms with Gasteiger partial charge in [-0.05, 0) is 38.1 Å². The molecule has 0 bridgehead atoms. The first kappa shape index (κ1) is 20.6. The summed E-state index contributed by atoms with van der Waals surface area (Å²) < 4.78 is 10.2. The quantitative estimate of drug-likeness (QED) is 0.323. The van der Waals surface area contributed by atoms with Crippen LogP contribution in [0.25, 0.3) is 0 Å². The first-order chi connectivity index (χ1) is 13.4. The van der Waals surface area contributed by atoms with Crippen molar-refractivity contribution in [3.05, 3.63) is 69.8 Å². The Morgan fingerprint density at radius 1 is 1.14 bits per heavy atom. The summed E-state index contributed by atoms with van der Waals surface area (Å²) in [7, 11) is 0. The maximum Gasteiger partial charge on any atom is 0.338 e. The van der Waals surface area contributed by atoms with E-state index in [2.05, 4.69) is 10.5 Å². The molecule has 9 heteroatoms. The van der Waals surface area contributed by atoms with Crippen LogP contribution in [0.3, 0.4) is 0 Å². The number of nitrogens with one attached hydrogen (secondary N) is 1. The van der Waals surface area contributed by atoms with Gasteiger partial charge in [-0.2, -0.15) is 5.10 Å². The number of carbonyl (C=O) groups is 2. The summed E-state index contributed by atoms with van der Waals surface area (Å²) in [4.78, 5) is 33.7. The third kappa shape index (κ3) is 5.90. The zero-order valence-electron chi connectivity index (χ0n) is 15.4. The fourth-order valence-electron chi connectivity index (χ4n) is 2.14. The van der Waals surface area contributed by atoms with E-state index in [-0.39, 0.29) is 18.9 Å². The van der Waals surface area contributed by atoms with E-state index < -0.39 is 16.8 Å². The second-order valence-electron chi connectivity index (χ2n) is 5.57. The van der Waals surface area contributed by atoms with Crippen molar-refractivity contribution in [1.82, 2.24) is 5.43 Å². The lowest BCUT2D eigenvalue weighted by atomic mass is 10.1. The highest BCUT2D eigenvalue weighted by atomic mass is 16.6. The molecule has 0 aliphatic rings. The van der Waals surface area contributed by atoms with Gasteiger partial charge in [0.15, 0.2) is 6.61 Å². The van der Waals surface area contributed by atoms with Crippen molar-refractivity contribution in [2.45, 2.75) is 13.8 Å². The van der Waals surface area contributed by atoms with E-state index in [9.17, 15) is 19.7 Å². The van der Waals surface area contributed by atoms with Gasteiger partial charge in [-0.25, -0.2) is 10.2 Å². The van der Waals surface area contributed by atoms with Crippen molar-refractivity contribution in [1.29, 1.82) is 0 Å². The maximum absolute atomic E-state index is 11.9. The number of hydrazone groups is 1. The highest BCUT2D eigenvalue weighted by Gasteiger charge is 2.09. The van der Waals surface area contributed by atoms with E-state index in [1.807, 2.05) is 0 Å². The second kappa shape index (κ2) is 9.81. The molecule has 2 aromatic carbocycles. The molecular formula is C19H19N3O6. The molecule has 2 aromatic rings. The van der Waals surface area contributed by atoms with Crippen LogP contribution in [-0.2, 0) is 9.53 Å². The lowest BCUT2D eigenvalue weighted by Gasteiger charge is -2.07. The van der Waals surface area contributed by atoms with Crippen LogP contribution in [0.2, 0.25) is 0 Å². The number of amides is 1. The molecular weight excluding hydrogens is 366 g/mol. The van der Waals surface area contributed by atoms with Crippen molar-refractivity contribution in [3.63, 3.8) is 0 Å². The lowest BCUT2D eigenvalue weighted by Crippen LogP contribution is -2.25. The first-order valence-corrected chi connectivity index (χ1v) is 8.38. The van der Waals surface area contributed by atoms with E-state index in [0.29, 0.717) is 22.6 Å². The van der Waals surface area contributed by atoms with Gasteiger partial charge in [0.1, 0.15) is 5.75 Å². The van der Waals surface area contributed by atoms with Crippen molar-refractivity contribution in [2.24, 2.45) is 5.10 Å². The molecule has 0 aliphatic heterocycles. The Hall–Kier alpha value is -3.75. The number of benzene rings is 2. The number of nitro groups is 1. The average molecular weight is 385 g/mol. The molecule has 28 heavy (non-hydrogen) atoms. The molecule has 0 radical (unpaired) electrons. The summed E-state index contributed by atoms with van der Waals surface area (Å²) in [5.41, 5.74) is 3.58. The topological polar surface area (TPSA) is 120 Å². The van der Waals surface area contributed by atoms with Gasteiger partial charge in [0.2, 0.25) is 0 Å². The number of nitro benzene ring substituents is 1. The van der Waals surface area contributed by atoms with Gasteiger partial charge in [0.05, 0.1) is 22.8 Å². The van der Waals surface area contributed by atoms with Crippen molar-refractivity contribution in [3.8, 4) is 5.75 Å². The van der Waals surface area contributed by atoms with Gasteiger partial charge >= 0.3 is 5.97 Å². The monoisotopic (exact) mass is 385 g/mol. The predicted molar refractivity (Wildman–Crippen MR) is 101 cm³/mol. The van der Waals surface area contributed by atoms with Crippen LogP contribution in [0.1, 0.15) is 29.8 Å². The number of hydrogen-bond acceptors (Lipinski definition) is 7. The van der Waals surface area contributed by atoms with Crippen LogP contribution in [-0.4, -0.2) is 35.7 Å². The minimum absolute atomic E-state index is 0.0621. The van der Waals surface area contributed by atoms with E-state index >= 15 is 0 Å². The number of esters is 1. The zero-order chi connectivity index (χ0) is 20.5. The van der Waals surface area contributed by atoms with Gasteiger partial charge in [-0.3, -0.25) is 14.9 Å². The zero-order valence-corrected chi connectivity index (χ0v) is 15.4. The highest BCUT2D eigenvalue weighted by Crippen LogP contribution is 2.14. The Labute approximate surface area is 161 Å². The Balaban J connectivity index is 1.88. The predicted octanol–water partition coefficient (Wildman–Crippen LogP) is 2.69. The van der Waals surface area contributed by atoms with Gasteiger partial charge < -0.3 is 9.47 Å². The molecule has 9 nitrogen and oxygen atoms in total. The number of carbonyl (C=O) groups excluding carboxylic acids is 2. The lowest BCUT2D eigenvalue weighted by molar-refractivity contribution is -0.384. The molecule has 1 N–H and O–H groups in total. The Morgan fingerprint density at radius 3 is 2.50 bits per heavy atom. The molecule has 0 saturated heterocycles. The summed E-state index contributed by atoms with van der Waals surface area (Å²) in [5, 5.41) is 14.7. The molecule has 0 spiro atoms. The van der Waals surface area contributed by atoms with E-state index in [0.717, 1.165) is 0 Å². The summed E-state index contributed by atoms with van der Waals surface area (Å²) >= 11 is 0. The molecule has 0 aliphatic carbocycles. The molecule has 0 unspecified atom stereocenters. The third-order valence-electron chi connectivity index (χ3n) is 3.56. The normalized spacial score (nSPS) is 10.9. The Morgan fingerprint density at radius 2 is 1.86 bits per heavy atom. The van der Waals surface area contributed by atoms with Crippen LogP contribution in [0, 0.1) is 10.1 Å². The smallest absolute Gasteiger partial charge is 0.338 e. The van der Waals surface area contributed by atoms with E-state index in [1.54, 1.807) is 32.0 Å². The van der Waals surface area contributed by atoms with Gasteiger partial charge in [-0.1, -0.05) is 12.1 Å². The Kier molecular flexibility index (Phi) is 7.21. The molecule has 146 valence electrons. The summed E-state index contributed by atoms with van der Waals surface area (Å²) in [6.07, 6.45) is 0. The number of non-ortho nitro benzene ring substituents is 1. The van der Waals surface area contributed by atoms with Crippen LogP contribution in [0.15, 0.2) is 53.6 Å². The third-order valence-corrected chi connectivity index (χ3v) is 3.56. The van der Waals surface area contributed by atoms with Crippen LogP contribution >= 0.6 is 0 Å². The second-order valence-corrected chi connectivity index (χ2v) is 5.57. The number of nitrogens with zero attached hydrogens (tertiary/aromatic N) is 2. The Bertz CT molecular complexity index is 893. The summed E-state index contributed by atoms with van der Waals surface area (Å²) in [6.45, 7) is 3.34. The van der Waals surface area contributed by atoms with Gasteiger partial charge in [0.25, 0.3) is 11.6 Å². The van der Waals surface area contributed by atoms with Crippen molar-refractivity contribution in [2.75, 3.05) is 13.2 Å². The SMILES string of the molecule is CCOC(=O)c1ccc(OCC(=O)NN=C(C)c2cccc([N+](=O)[O-])c2)cc1. The van der Waals surface area contributed by atoms with Crippen molar-refractivity contribution >= 4 is 23.3 Å². The summed E-state index contributed by atoms with van der Waals surface area (Å²) in [6, 6.07) is 12.1. The average Bonchev–Trinajstić information content (AvgIpc) is 2.71. The molecule has 0 aromatic heterocycles. The molecule has 0 fully saturated rings. The van der Waals surface area contributed by atoms with Crippen LogP contribution < -0.4 is 10.2 Å².